The van der Waals surface area contributed by atoms with E-state index < -0.39 is 346 Å². The molecule has 1 unspecified atom stereocenters. The minimum absolute atomic E-state index is 0.793. The van der Waals surface area contributed by atoms with Crippen molar-refractivity contribution >= 4 is 23.6 Å². The number of nitrogens with one attached hydrogen (secondary N) is 4. The molecular weight excluding hydrogens is 1490 g/mol. The van der Waals surface area contributed by atoms with Crippen LogP contribution in [0.15, 0.2) is 0 Å². The third-order valence-electron chi connectivity index (χ3n) is 20.0. The Balaban J connectivity index is 1.07. The summed E-state index contributed by atoms with van der Waals surface area (Å²) < 4.78 is 102. The van der Waals surface area contributed by atoms with Crippen molar-refractivity contribution in [3.05, 3.63) is 0 Å². The molecule has 109 heavy (non-hydrogen) atoms. The molecule has 4 amide bonds. The Morgan fingerprint density at radius 2 is 0.560 bits per heavy atom. The minimum Gasteiger partial charge on any atom is -0.394 e. The van der Waals surface area contributed by atoms with Gasteiger partial charge >= 0.3 is 0 Å². The van der Waals surface area contributed by atoms with Gasteiger partial charge in [0.05, 0.1) is 59.0 Å². The molecule has 0 spiro atoms. The van der Waals surface area contributed by atoms with E-state index in [0.29, 0.717) is 0 Å². The molecule has 9 aliphatic rings. The van der Waals surface area contributed by atoms with Crippen molar-refractivity contribution in [1.29, 1.82) is 0 Å². The van der Waals surface area contributed by atoms with Gasteiger partial charge in [-0.15, -0.1) is 0 Å². The van der Waals surface area contributed by atoms with E-state index in [4.69, 9.17) is 80.5 Å². The summed E-state index contributed by atoms with van der Waals surface area (Å²) in [5.41, 5.74) is 0. The highest BCUT2D eigenvalue weighted by molar-refractivity contribution is 5.74. The van der Waals surface area contributed by atoms with Gasteiger partial charge in [-0.2, -0.15) is 0 Å². The Morgan fingerprint density at radius 1 is 0.257 bits per heavy atom. The molecule has 0 radical (unpaired) electrons. The first-order valence-corrected chi connectivity index (χ1v) is 34.9. The van der Waals surface area contributed by atoms with Gasteiger partial charge in [-0.3, -0.25) is 19.2 Å². The summed E-state index contributed by atoms with van der Waals surface area (Å²) in [6.45, 7) is -3.43. The van der Waals surface area contributed by atoms with Crippen LogP contribution >= 0.6 is 0 Å². The van der Waals surface area contributed by atoms with E-state index in [2.05, 4.69) is 21.3 Å². The molecule has 9 fully saturated rings. The summed E-state index contributed by atoms with van der Waals surface area (Å²) in [4.78, 5) is 50.6. The number of aliphatic hydroxyl groups excluding tert-OH is 23. The van der Waals surface area contributed by atoms with Crippen molar-refractivity contribution < 1.29 is 217 Å². The lowest BCUT2D eigenvalue weighted by molar-refractivity contribution is -0.403. The first-order chi connectivity index (χ1) is 51.6. The van der Waals surface area contributed by atoms with Gasteiger partial charge < -0.3 is 219 Å². The smallest absolute Gasteiger partial charge is 0.217 e. The highest BCUT2D eigenvalue weighted by atomic mass is 16.8. The van der Waals surface area contributed by atoms with Crippen molar-refractivity contribution in [3.63, 3.8) is 0 Å². The molecule has 48 nitrogen and oxygen atoms in total. The van der Waals surface area contributed by atoms with Crippen molar-refractivity contribution in [1.82, 2.24) is 21.3 Å². The fraction of sp³-hybridized carbons (Fsp3) is 0.934. The number of ether oxygens (including phenoxy) is 17. The van der Waals surface area contributed by atoms with Gasteiger partial charge in [0.2, 0.25) is 23.6 Å². The van der Waals surface area contributed by atoms with E-state index in [9.17, 15) is 137 Å². The van der Waals surface area contributed by atoms with Crippen LogP contribution in [0.5, 0.6) is 0 Å². The zero-order chi connectivity index (χ0) is 80.2. The molecule has 0 bridgehead atoms. The van der Waals surface area contributed by atoms with E-state index in [0.717, 1.165) is 27.7 Å². The quantitative estimate of drug-likeness (QED) is 0.0346. The maximum atomic E-state index is 13.3. The van der Waals surface area contributed by atoms with E-state index in [1.165, 1.54) is 6.92 Å². The second kappa shape index (κ2) is 38.8. The normalized spacial score (nSPS) is 49.1. The first kappa shape index (κ1) is 89.2. The highest BCUT2D eigenvalue weighted by Gasteiger charge is 2.61. The Labute approximate surface area is 618 Å². The fourth-order valence-electron chi connectivity index (χ4n) is 14.2. The lowest BCUT2D eigenvalue weighted by Gasteiger charge is -2.52. The number of amides is 4. The van der Waals surface area contributed by atoms with Crippen LogP contribution < -0.4 is 21.3 Å². The van der Waals surface area contributed by atoms with Crippen LogP contribution in [0.2, 0.25) is 0 Å². The summed E-state index contributed by atoms with van der Waals surface area (Å²) in [5, 5.41) is 265. The second-order valence-corrected chi connectivity index (χ2v) is 27.7. The number of aliphatic hydroxyl groups is 23. The zero-order valence-electron chi connectivity index (χ0n) is 58.9. The SMILES string of the molecule is CC(=O)N[C@H]1[C@H](O[C@H]2[C@H](O[C@@H]3O[C@@H](C)[C@@H](O)[C@@H](O)[C@@H]3O)[C@@H](NC(C)=O)C(O)O[C@@H]2CO)O[C@H](CO)[C@@H](O[C@@H]2O[C@H](CO[C@H]3O[C@H](CO)[C@@H](O[C@@H]4O[C@H](CO)[C@@H](O)[C@H](O)[C@H]4NC(C)=O)[C@H](O)[C@@H]3O)[C@@H](O)[C@H](O[C@H]3O[C@H](CO)[C@@H](O[C@@H]4O[C@H](CO)[C@@H](O)[C@H](O)[C@H]4NC(C)=O)[C@H](O)[C@@H]3O)[C@@H]2O[C@@H]2O[C@H](CO)[C@H](O)[C@H]2O)[C@@H]1O. The number of carbonyl (C=O) groups is 4. The minimum atomic E-state index is -2.47. The molecule has 9 saturated heterocycles. The molecule has 0 aromatic carbocycles. The Morgan fingerprint density at radius 3 is 1.02 bits per heavy atom. The summed E-state index contributed by atoms with van der Waals surface area (Å²) in [6, 6.07) is -7.10. The molecule has 630 valence electrons. The topological polar surface area (TPSA) is 739 Å². The average Bonchev–Trinajstić information content (AvgIpc) is 1.40. The van der Waals surface area contributed by atoms with E-state index >= 15 is 0 Å². The molecule has 0 aromatic rings. The number of hydrogen-bond acceptors (Lipinski definition) is 44. The van der Waals surface area contributed by atoms with E-state index in [-0.39, 0.29) is 0 Å². The van der Waals surface area contributed by atoms with Crippen molar-refractivity contribution in [2.45, 2.75) is 305 Å². The molecule has 44 atom stereocenters. The lowest BCUT2D eigenvalue weighted by Crippen LogP contribution is -2.71. The standard InChI is InChI=1S/C61H102N4O44/c1-14-31(77)39(85)43(89)58(94-14)107-50-30(65-18(5)76)53(92)95-25(12-72)49(50)106-56-29(64-17(4)75)38(84)46(22(9-69)99-56)105-61-52(109-59-42(88)34(80)21(8-68)98-59)51(108-60-45(91)41(87)48(24(11-71)101-60)104-55-28(63-16(3)74)37(83)33(79)20(7-67)97-55)35(81)26(102-61)13-93-57-44(90)40(86)47(23(10-70)100-57)103-54-27(62-15(2)73)36(82)32(78)19(6-66)96-54/h14,19-61,66-72,77-92H,6-13H2,1-5H3,(H,62,73)(H,63,74)(H,64,75)(H,65,76)/t14-,19+,20+,21+,22+,23+,24+,25+,26+,27+,28+,29+,30+,31+,32+,33+,34-,35+,36+,37+,38+,39+,40+,41+,42+,43-,44-,45-,46+,47+,48+,49+,50+,51-,52-,53?,54-,55-,56-,57-,58-,59-,60+,61-/m0/s1. The van der Waals surface area contributed by atoms with Gasteiger partial charge in [0.15, 0.2) is 56.6 Å². The number of rotatable bonds is 28. The Bertz CT molecular complexity index is 2890. The molecular formula is C61H102N4O44. The van der Waals surface area contributed by atoms with Crippen LogP contribution in [0.1, 0.15) is 34.6 Å². The maximum Gasteiger partial charge on any atom is 0.217 e. The third-order valence-corrected chi connectivity index (χ3v) is 20.0. The zero-order valence-corrected chi connectivity index (χ0v) is 58.9. The molecule has 9 rings (SSSR count). The number of hydrogen-bond donors (Lipinski definition) is 27. The molecule has 48 heteroatoms. The van der Waals surface area contributed by atoms with Crippen LogP contribution in [0.4, 0.5) is 0 Å². The van der Waals surface area contributed by atoms with Crippen LogP contribution in [-0.4, -0.2) is 464 Å². The third kappa shape index (κ3) is 19.7. The Hall–Kier alpha value is -3.72. The highest BCUT2D eigenvalue weighted by Crippen LogP contribution is 2.41. The van der Waals surface area contributed by atoms with E-state index in [1.54, 1.807) is 0 Å². The average molecular weight is 1600 g/mol. The summed E-state index contributed by atoms with van der Waals surface area (Å²) in [5.74, 6) is -3.44. The molecule has 0 aromatic heterocycles. The molecule has 9 heterocycles. The molecule has 0 aliphatic carbocycles. The van der Waals surface area contributed by atoms with Crippen LogP contribution in [-0.2, 0) is 99.7 Å². The predicted octanol–water partition coefficient (Wildman–Crippen LogP) is -18.4. The van der Waals surface area contributed by atoms with Crippen LogP contribution in [0.25, 0.3) is 0 Å². The van der Waals surface area contributed by atoms with Crippen molar-refractivity contribution in [2.75, 3.05) is 52.9 Å². The second-order valence-electron chi connectivity index (χ2n) is 27.7. The van der Waals surface area contributed by atoms with Gasteiger partial charge in [-0.05, 0) is 6.92 Å². The summed E-state index contributed by atoms with van der Waals surface area (Å²) >= 11 is 0. The summed E-state index contributed by atoms with van der Waals surface area (Å²) in [7, 11) is 0. The fourth-order valence-corrected chi connectivity index (χ4v) is 14.2. The lowest BCUT2D eigenvalue weighted by atomic mass is 9.93. The van der Waals surface area contributed by atoms with Crippen molar-refractivity contribution in [3.8, 4) is 0 Å². The molecule has 9 aliphatic heterocycles. The summed E-state index contributed by atoms with van der Waals surface area (Å²) in [6.07, 6.45) is -81.0. The predicted molar refractivity (Wildman–Crippen MR) is 336 cm³/mol. The van der Waals surface area contributed by atoms with Crippen molar-refractivity contribution in [2.24, 2.45) is 0 Å². The first-order valence-electron chi connectivity index (χ1n) is 34.9. The maximum absolute atomic E-state index is 13.3. The monoisotopic (exact) mass is 1590 g/mol. The number of carbonyl (C=O) groups excluding carboxylic acids is 4. The van der Waals surface area contributed by atoms with Gasteiger partial charge in [-0.25, -0.2) is 0 Å². The Kier molecular flexibility index (Phi) is 31.8. The van der Waals surface area contributed by atoms with E-state index in [1.807, 2.05) is 0 Å². The van der Waals surface area contributed by atoms with Gasteiger partial charge in [0.25, 0.3) is 0 Å². The van der Waals surface area contributed by atoms with Crippen LogP contribution in [0, 0.1) is 0 Å². The molecule has 27 N–H and O–H groups in total. The van der Waals surface area contributed by atoms with Gasteiger partial charge in [0, 0.05) is 27.7 Å². The van der Waals surface area contributed by atoms with Gasteiger partial charge in [-0.1, -0.05) is 0 Å². The van der Waals surface area contributed by atoms with Gasteiger partial charge in [0.1, 0.15) is 207 Å². The largest absolute Gasteiger partial charge is 0.394 e. The molecule has 0 saturated carbocycles. The van der Waals surface area contributed by atoms with Crippen LogP contribution in [0.3, 0.4) is 0 Å².